The second kappa shape index (κ2) is 5.94. The molecule has 0 spiro atoms. The number of rotatable bonds is 3. The van der Waals surface area contributed by atoms with E-state index in [0.717, 1.165) is 13.2 Å². The SMILES string of the molecule is CC(NC1CCc2cc(Br)ccc2C1)C1CCOC1. The minimum atomic E-state index is 0.574. The Labute approximate surface area is 124 Å². The van der Waals surface area contributed by atoms with Crippen LogP contribution in [0.2, 0.25) is 0 Å². The van der Waals surface area contributed by atoms with Gasteiger partial charge in [-0.15, -0.1) is 0 Å². The number of benzene rings is 1. The molecule has 3 rings (SSSR count). The van der Waals surface area contributed by atoms with Gasteiger partial charge in [0.2, 0.25) is 0 Å². The number of hydrogen-bond donors (Lipinski definition) is 1. The van der Waals surface area contributed by atoms with E-state index in [4.69, 9.17) is 4.74 Å². The van der Waals surface area contributed by atoms with E-state index >= 15 is 0 Å². The maximum atomic E-state index is 5.49. The Kier molecular flexibility index (Phi) is 4.25. The van der Waals surface area contributed by atoms with Gasteiger partial charge >= 0.3 is 0 Å². The quantitative estimate of drug-likeness (QED) is 0.921. The molecule has 0 aromatic heterocycles. The van der Waals surface area contributed by atoms with Gasteiger partial charge in [0.05, 0.1) is 6.61 Å². The van der Waals surface area contributed by atoms with E-state index in [2.05, 4.69) is 46.4 Å². The first-order valence-electron chi connectivity index (χ1n) is 7.33. The van der Waals surface area contributed by atoms with Crippen LogP contribution in [0, 0.1) is 5.92 Å². The fraction of sp³-hybridized carbons (Fsp3) is 0.625. The van der Waals surface area contributed by atoms with E-state index in [9.17, 15) is 0 Å². The van der Waals surface area contributed by atoms with Crippen molar-refractivity contribution in [2.75, 3.05) is 13.2 Å². The van der Waals surface area contributed by atoms with Crippen molar-refractivity contribution in [1.29, 1.82) is 0 Å². The lowest BCUT2D eigenvalue weighted by Crippen LogP contribution is -2.43. The number of ether oxygens (including phenoxy) is 1. The van der Waals surface area contributed by atoms with Crippen molar-refractivity contribution in [2.24, 2.45) is 5.92 Å². The van der Waals surface area contributed by atoms with Gasteiger partial charge in [-0.1, -0.05) is 22.0 Å². The van der Waals surface area contributed by atoms with E-state index in [1.54, 1.807) is 0 Å². The summed E-state index contributed by atoms with van der Waals surface area (Å²) < 4.78 is 6.69. The summed E-state index contributed by atoms with van der Waals surface area (Å²) in [6.07, 6.45) is 4.83. The van der Waals surface area contributed by atoms with Gasteiger partial charge in [-0.3, -0.25) is 0 Å². The lowest BCUT2D eigenvalue weighted by atomic mass is 9.87. The topological polar surface area (TPSA) is 21.3 Å². The summed E-state index contributed by atoms with van der Waals surface area (Å²) in [6, 6.07) is 7.92. The smallest absolute Gasteiger partial charge is 0.0509 e. The van der Waals surface area contributed by atoms with Gasteiger partial charge < -0.3 is 10.1 Å². The molecular weight excluding hydrogens is 302 g/mol. The number of fused-ring (bicyclic) bond motifs is 1. The summed E-state index contributed by atoms with van der Waals surface area (Å²) in [7, 11) is 0. The Balaban J connectivity index is 1.60. The average Bonchev–Trinajstić information content (AvgIpc) is 2.93. The molecule has 0 bridgehead atoms. The predicted octanol–water partition coefficient (Wildman–Crippen LogP) is 3.32. The van der Waals surface area contributed by atoms with Gasteiger partial charge in [0.25, 0.3) is 0 Å². The molecule has 3 atom stereocenters. The van der Waals surface area contributed by atoms with E-state index < -0.39 is 0 Å². The molecule has 0 radical (unpaired) electrons. The van der Waals surface area contributed by atoms with Crippen molar-refractivity contribution in [3.63, 3.8) is 0 Å². The minimum Gasteiger partial charge on any atom is -0.381 e. The van der Waals surface area contributed by atoms with Crippen LogP contribution in [0.15, 0.2) is 22.7 Å². The average molecular weight is 324 g/mol. The molecule has 1 saturated heterocycles. The van der Waals surface area contributed by atoms with Gasteiger partial charge in [-0.05, 0) is 61.8 Å². The van der Waals surface area contributed by atoms with Gasteiger partial charge in [-0.2, -0.15) is 0 Å². The predicted molar refractivity (Wildman–Crippen MR) is 81.5 cm³/mol. The number of hydrogen-bond acceptors (Lipinski definition) is 2. The van der Waals surface area contributed by atoms with Gasteiger partial charge in [-0.25, -0.2) is 0 Å². The van der Waals surface area contributed by atoms with Crippen LogP contribution in [0.1, 0.15) is 30.9 Å². The molecule has 1 aromatic rings. The summed E-state index contributed by atoms with van der Waals surface area (Å²) in [5, 5.41) is 3.82. The monoisotopic (exact) mass is 323 g/mol. The maximum absolute atomic E-state index is 5.49. The molecule has 0 saturated carbocycles. The minimum absolute atomic E-state index is 0.574. The van der Waals surface area contributed by atoms with Gasteiger partial charge in [0, 0.05) is 23.2 Å². The lowest BCUT2D eigenvalue weighted by Gasteiger charge is -2.30. The van der Waals surface area contributed by atoms with Crippen molar-refractivity contribution in [2.45, 2.75) is 44.7 Å². The number of aryl methyl sites for hydroxylation is 1. The molecule has 2 nitrogen and oxygen atoms in total. The first-order valence-corrected chi connectivity index (χ1v) is 8.13. The Morgan fingerprint density at radius 2 is 2.21 bits per heavy atom. The third-order valence-corrected chi connectivity index (χ3v) is 5.06. The number of halogens is 1. The molecule has 1 heterocycles. The van der Waals surface area contributed by atoms with Gasteiger partial charge in [0.1, 0.15) is 0 Å². The van der Waals surface area contributed by atoms with Crippen LogP contribution in [0.25, 0.3) is 0 Å². The van der Waals surface area contributed by atoms with Crippen LogP contribution in [0.3, 0.4) is 0 Å². The first kappa shape index (κ1) is 13.6. The standard InChI is InChI=1S/C16H22BrNO/c1-11(14-6-7-19-10-14)18-16-5-3-12-8-15(17)4-2-13(12)9-16/h2,4,8,11,14,16,18H,3,5-7,9-10H2,1H3. The van der Waals surface area contributed by atoms with Crippen LogP contribution in [-0.2, 0) is 17.6 Å². The Bertz CT molecular complexity index is 442. The highest BCUT2D eigenvalue weighted by atomic mass is 79.9. The van der Waals surface area contributed by atoms with E-state index in [1.807, 2.05) is 0 Å². The molecule has 0 amide bonds. The molecule has 1 aromatic carbocycles. The molecular formula is C16H22BrNO. The van der Waals surface area contributed by atoms with Crippen molar-refractivity contribution >= 4 is 15.9 Å². The first-order chi connectivity index (χ1) is 9.22. The van der Waals surface area contributed by atoms with Crippen molar-refractivity contribution < 1.29 is 4.74 Å². The number of nitrogens with one attached hydrogen (secondary N) is 1. The van der Waals surface area contributed by atoms with E-state index in [-0.39, 0.29) is 0 Å². The third kappa shape index (κ3) is 3.21. The molecule has 1 N–H and O–H groups in total. The summed E-state index contributed by atoms with van der Waals surface area (Å²) in [5.74, 6) is 0.700. The second-order valence-corrected chi connectivity index (χ2v) is 6.85. The third-order valence-electron chi connectivity index (χ3n) is 4.57. The van der Waals surface area contributed by atoms with E-state index in [0.29, 0.717) is 18.0 Å². The van der Waals surface area contributed by atoms with Crippen LogP contribution in [-0.4, -0.2) is 25.3 Å². The zero-order valence-corrected chi connectivity index (χ0v) is 13.1. The normalized spacial score (nSPS) is 28.1. The highest BCUT2D eigenvalue weighted by Gasteiger charge is 2.26. The van der Waals surface area contributed by atoms with E-state index in [1.165, 1.54) is 41.3 Å². The molecule has 3 unspecified atom stereocenters. The lowest BCUT2D eigenvalue weighted by molar-refractivity contribution is 0.176. The summed E-state index contributed by atoms with van der Waals surface area (Å²) in [5.41, 5.74) is 3.03. The van der Waals surface area contributed by atoms with Crippen LogP contribution < -0.4 is 5.32 Å². The zero-order valence-electron chi connectivity index (χ0n) is 11.5. The van der Waals surface area contributed by atoms with Crippen LogP contribution >= 0.6 is 15.9 Å². The molecule has 1 aliphatic carbocycles. The fourth-order valence-corrected chi connectivity index (χ4v) is 3.73. The second-order valence-electron chi connectivity index (χ2n) is 5.93. The summed E-state index contributed by atoms with van der Waals surface area (Å²) in [6.45, 7) is 4.19. The van der Waals surface area contributed by atoms with Crippen molar-refractivity contribution in [3.05, 3.63) is 33.8 Å². The molecule has 3 heteroatoms. The Morgan fingerprint density at radius 1 is 1.32 bits per heavy atom. The fourth-order valence-electron chi connectivity index (χ4n) is 3.32. The van der Waals surface area contributed by atoms with Gasteiger partial charge in [0.15, 0.2) is 0 Å². The molecule has 19 heavy (non-hydrogen) atoms. The Morgan fingerprint density at radius 3 is 3.00 bits per heavy atom. The summed E-state index contributed by atoms with van der Waals surface area (Å²) >= 11 is 3.56. The highest BCUT2D eigenvalue weighted by Crippen LogP contribution is 2.26. The molecule has 104 valence electrons. The molecule has 1 aliphatic heterocycles. The van der Waals surface area contributed by atoms with Crippen LogP contribution in [0.5, 0.6) is 0 Å². The van der Waals surface area contributed by atoms with Crippen LogP contribution in [0.4, 0.5) is 0 Å². The van der Waals surface area contributed by atoms with Crippen molar-refractivity contribution in [1.82, 2.24) is 5.32 Å². The molecule has 2 aliphatic rings. The zero-order chi connectivity index (χ0) is 13.2. The Hall–Kier alpha value is -0.380. The summed E-state index contributed by atoms with van der Waals surface area (Å²) in [4.78, 5) is 0. The van der Waals surface area contributed by atoms with Crippen molar-refractivity contribution in [3.8, 4) is 0 Å². The highest BCUT2D eigenvalue weighted by molar-refractivity contribution is 9.10. The largest absolute Gasteiger partial charge is 0.381 e. The maximum Gasteiger partial charge on any atom is 0.0509 e. The molecule has 1 fully saturated rings.